The average Bonchev–Trinajstić information content (AvgIpc) is 2.88. The van der Waals surface area contributed by atoms with Gasteiger partial charge in [-0.3, -0.25) is 0 Å². The molecular formula is C18H12OS. The van der Waals surface area contributed by atoms with Crippen LogP contribution in [0.25, 0.3) is 20.2 Å². The zero-order chi connectivity index (χ0) is 13.4. The first kappa shape index (κ1) is 11.5. The van der Waals surface area contributed by atoms with Gasteiger partial charge in [-0.05, 0) is 24.3 Å². The Balaban J connectivity index is 1.91. The number of para-hydroxylation sites is 1. The predicted octanol–water partition coefficient (Wildman–Crippen LogP) is 5.85. The molecule has 96 valence electrons. The molecular weight excluding hydrogens is 264 g/mol. The Labute approximate surface area is 121 Å². The maximum Gasteiger partial charge on any atom is 0.145 e. The average molecular weight is 276 g/mol. The van der Waals surface area contributed by atoms with Gasteiger partial charge in [-0.15, -0.1) is 11.3 Å². The Bertz CT molecular complexity index is 878. The fourth-order valence-electron chi connectivity index (χ4n) is 2.42. The van der Waals surface area contributed by atoms with E-state index in [1.54, 1.807) is 11.3 Å². The zero-order valence-corrected chi connectivity index (χ0v) is 11.6. The van der Waals surface area contributed by atoms with Crippen molar-refractivity contribution in [3.05, 3.63) is 72.8 Å². The minimum absolute atomic E-state index is 0.873. The van der Waals surface area contributed by atoms with E-state index in [0.717, 1.165) is 11.5 Å². The van der Waals surface area contributed by atoms with Crippen molar-refractivity contribution in [3.63, 3.8) is 0 Å². The maximum atomic E-state index is 6.03. The van der Waals surface area contributed by atoms with Gasteiger partial charge in [0.2, 0.25) is 0 Å². The number of benzene rings is 3. The molecule has 0 unspecified atom stereocenters. The van der Waals surface area contributed by atoms with Crippen LogP contribution in [0.2, 0.25) is 0 Å². The monoisotopic (exact) mass is 276 g/mol. The summed E-state index contributed by atoms with van der Waals surface area (Å²) in [5, 5.41) is 2.56. The van der Waals surface area contributed by atoms with Crippen molar-refractivity contribution in [2.45, 2.75) is 0 Å². The Morgan fingerprint density at radius 2 is 1.40 bits per heavy atom. The third kappa shape index (κ3) is 1.86. The summed E-state index contributed by atoms with van der Waals surface area (Å²) in [5.41, 5.74) is 0. The molecule has 0 spiro atoms. The molecule has 0 amide bonds. The highest BCUT2D eigenvalue weighted by molar-refractivity contribution is 7.26. The number of hydrogen-bond acceptors (Lipinski definition) is 2. The van der Waals surface area contributed by atoms with E-state index in [0.29, 0.717) is 0 Å². The van der Waals surface area contributed by atoms with Gasteiger partial charge in [-0.2, -0.15) is 0 Å². The summed E-state index contributed by atoms with van der Waals surface area (Å²) >= 11 is 1.78. The highest BCUT2D eigenvalue weighted by atomic mass is 32.1. The molecule has 0 aliphatic heterocycles. The van der Waals surface area contributed by atoms with Crippen LogP contribution in [-0.2, 0) is 0 Å². The van der Waals surface area contributed by atoms with Crippen LogP contribution in [0.4, 0.5) is 0 Å². The Hall–Kier alpha value is -2.32. The van der Waals surface area contributed by atoms with Gasteiger partial charge in [0.05, 0.1) is 4.70 Å². The molecule has 0 N–H and O–H groups in total. The Morgan fingerprint density at radius 3 is 2.30 bits per heavy atom. The third-order valence-electron chi connectivity index (χ3n) is 3.34. The molecule has 1 heterocycles. The van der Waals surface area contributed by atoms with Crippen LogP contribution in [0.5, 0.6) is 11.5 Å². The standard InChI is InChI=1S/C18H12OS/c1-2-7-13(8-3-1)19-16-11-6-10-15-14-9-4-5-12-17(14)20-18(15)16/h1-12H. The number of fused-ring (bicyclic) bond motifs is 3. The van der Waals surface area contributed by atoms with Gasteiger partial charge in [-0.1, -0.05) is 48.5 Å². The van der Waals surface area contributed by atoms with E-state index in [2.05, 4.69) is 36.4 Å². The first-order chi connectivity index (χ1) is 9.92. The van der Waals surface area contributed by atoms with E-state index in [1.807, 2.05) is 36.4 Å². The number of hydrogen-bond donors (Lipinski definition) is 0. The van der Waals surface area contributed by atoms with Gasteiger partial charge in [0.1, 0.15) is 11.5 Å². The van der Waals surface area contributed by atoms with Crippen LogP contribution in [0.1, 0.15) is 0 Å². The van der Waals surface area contributed by atoms with Crippen molar-refractivity contribution in [3.8, 4) is 11.5 Å². The first-order valence-corrected chi connectivity index (χ1v) is 7.37. The molecule has 1 nitrogen and oxygen atoms in total. The summed E-state index contributed by atoms with van der Waals surface area (Å²) in [7, 11) is 0. The quantitative estimate of drug-likeness (QED) is 0.446. The number of thiophene rings is 1. The van der Waals surface area contributed by atoms with Crippen molar-refractivity contribution >= 4 is 31.5 Å². The topological polar surface area (TPSA) is 9.23 Å². The molecule has 2 heteroatoms. The number of ether oxygens (including phenoxy) is 1. The molecule has 0 bridgehead atoms. The Morgan fingerprint density at radius 1 is 0.650 bits per heavy atom. The van der Waals surface area contributed by atoms with Crippen LogP contribution in [-0.4, -0.2) is 0 Å². The second-order valence-corrected chi connectivity index (χ2v) is 5.70. The van der Waals surface area contributed by atoms with Gasteiger partial charge >= 0.3 is 0 Å². The molecule has 0 saturated heterocycles. The second kappa shape index (κ2) is 4.66. The van der Waals surface area contributed by atoms with Crippen molar-refractivity contribution in [1.29, 1.82) is 0 Å². The summed E-state index contributed by atoms with van der Waals surface area (Å²) in [4.78, 5) is 0. The normalized spacial score (nSPS) is 11.0. The largest absolute Gasteiger partial charge is 0.456 e. The minimum atomic E-state index is 0.873. The highest BCUT2D eigenvalue weighted by Crippen LogP contribution is 2.40. The van der Waals surface area contributed by atoms with Crippen LogP contribution in [0, 0.1) is 0 Å². The lowest BCUT2D eigenvalue weighted by Crippen LogP contribution is -1.83. The van der Waals surface area contributed by atoms with E-state index in [4.69, 9.17) is 4.74 Å². The molecule has 20 heavy (non-hydrogen) atoms. The highest BCUT2D eigenvalue weighted by Gasteiger charge is 2.09. The van der Waals surface area contributed by atoms with Crippen LogP contribution in [0.3, 0.4) is 0 Å². The zero-order valence-electron chi connectivity index (χ0n) is 10.7. The molecule has 0 saturated carbocycles. The van der Waals surface area contributed by atoms with E-state index in [1.165, 1.54) is 20.2 Å². The number of rotatable bonds is 2. The molecule has 0 fully saturated rings. The smallest absolute Gasteiger partial charge is 0.145 e. The molecule has 1 aromatic heterocycles. The van der Waals surface area contributed by atoms with Gasteiger partial charge in [0.15, 0.2) is 0 Å². The maximum absolute atomic E-state index is 6.03. The first-order valence-electron chi connectivity index (χ1n) is 6.55. The van der Waals surface area contributed by atoms with E-state index in [-0.39, 0.29) is 0 Å². The van der Waals surface area contributed by atoms with E-state index >= 15 is 0 Å². The summed E-state index contributed by atoms with van der Waals surface area (Å²) in [5.74, 6) is 1.80. The second-order valence-electron chi connectivity index (χ2n) is 4.65. The molecule has 4 rings (SSSR count). The minimum Gasteiger partial charge on any atom is -0.456 e. The third-order valence-corrected chi connectivity index (χ3v) is 4.54. The lowest BCUT2D eigenvalue weighted by atomic mass is 10.1. The molecule has 0 aliphatic rings. The van der Waals surface area contributed by atoms with Crippen LogP contribution < -0.4 is 4.74 Å². The SMILES string of the molecule is c1ccc(Oc2cccc3c2sc2ccccc23)cc1. The fourth-order valence-corrected chi connectivity index (χ4v) is 3.57. The van der Waals surface area contributed by atoms with E-state index < -0.39 is 0 Å². The molecule has 3 aromatic carbocycles. The predicted molar refractivity (Wildman–Crippen MR) is 85.8 cm³/mol. The molecule has 0 atom stereocenters. The molecule has 4 aromatic rings. The van der Waals surface area contributed by atoms with Gasteiger partial charge in [0, 0.05) is 15.5 Å². The lowest BCUT2D eigenvalue weighted by molar-refractivity contribution is 0.489. The van der Waals surface area contributed by atoms with Crippen molar-refractivity contribution in [2.75, 3.05) is 0 Å². The summed E-state index contributed by atoms with van der Waals surface area (Å²) in [6.45, 7) is 0. The summed E-state index contributed by atoms with van der Waals surface area (Å²) < 4.78 is 8.54. The van der Waals surface area contributed by atoms with Crippen molar-refractivity contribution in [2.24, 2.45) is 0 Å². The van der Waals surface area contributed by atoms with E-state index in [9.17, 15) is 0 Å². The van der Waals surface area contributed by atoms with Gasteiger partial charge in [0.25, 0.3) is 0 Å². The van der Waals surface area contributed by atoms with Crippen LogP contribution >= 0.6 is 11.3 Å². The van der Waals surface area contributed by atoms with Crippen molar-refractivity contribution < 1.29 is 4.74 Å². The summed E-state index contributed by atoms with van der Waals surface area (Å²) in [6.07, 6.45) is 0. The summed E-state index contributed by atoms with van der Waals surface area (Å²) in [6, 6.07) is 24.7. The molecule has 0 radical (unpaired) electrons. The fraction of sp³-hybridized carbons (Fsp3) is 0. The Kier molecular flexibility index (Phi) is 2.68. The molecule has 0 aliphatic carbocycles. The van der Waals surface area contributed by atoms with Crippen molar-refractivity contribution in [1.82, 2.24) is 0 Å². The van der Waals surface area contributed by atoms with Crippen LogP contribution in [0.15, 0.2) is 72.8 Å². The van der Waals surface area contributed by atoms with Gasteiger partial charge < -0.3 is 4.74 Å². The lowest BCUT2D eigenvalue weighted by Gasteiger charge is -2.06. The van der Waals surface area contributed by atoms with Gasteiger partial charge in [-0.25, -0.2) is 0 Å².